The number of carbonyl (C=O) groups excluding carboxylic acids is 1. The molecule has 0 saturated carbocycles. The van der Waals surface area contributed by atoms with Crippen LogP contribution in [0.1, 0.15) is 5.56 Å². The lowest BCUT2D eigenvalue weighted by Gasteiger charge is -2.24. The van der Waals surface area contributed by atoms with Crippen molar-refractivity contribution < 1.29 is 22.7 Å². The zero-order valence-corrected chi connectivity index (χ0v) is 18.3. The minimum atomic E-state index is -3.11. The van der Waals surface area contributed by atoms with Gasteiger partial charge in [-0.25, -0.2) is 8.42 Å². The number of thioether (sulfide) groups is 1. The maximum absolute atomic E-state index is 12.7. The van der Waals surface area contributed by atoms with Gasteiger partial charge < -0.3 is 14.4 Å². The molecule has 1 amide bonds. The van der Waals surface area contributed by atoms with Gasteiger partial charge in [-0.3, -0.25) is 4.79 Å². The van der Waals surface area contributed by atoms with Crippen LogP contribution >= 0.6 is 11.8 Å². The van der Waals surface area contributed by atoms with E-state index in [1.807, 2.05) is 47.4 Å². The number of carbonyl (C=O) groups is 1. The molecule has 2 heterocycles. The van der Waals surface area contributed by atoms with E-state index in [2.05, 4.69) is 4.99 Å². The molecule has 30 heavy (non-hydrogen) atoms. The summed E-state index contributed by atoms with van der Waals surface area (Å²) in [5.74, 6) is 1.18. The number of nitrogens with zero attached hydrogens (tertiary/aromatic N) is 2. The summed E-state index contributed by atoms with van der Waals surface area (Å²) in [5, 5.41) is 0.389. The Bertz CT molecular complexity index is 1080. The third-order valence-electron chi connectivity index (χ3n) is 5.17. The first-order valence-corrected chi connectivity index (χ1v) is 12.1. The average Bonchev–Trinajstić information content (AvgIpc) is 3.19. The molecular formula is C21H22N2O5S2. The van der Waals surface area contributed by atoms with Crippen LogP contribution in [0.3, 0.4) is 0 Å². The van der Waals surface area contributed by atoms with Crippen LogP contribution in [0.2, 0.25) is 0 Å². The molecular weight excluding hydrogens is 424 g/mol. The van der Waals surface area contributed by atoms with Gasteiger partial charge in [0, 0.05) is 16.5 Å². The number of ether oxygens (including phenoxy) is 2. The summed E-state index contributed by atoms with van der Waals surface area (Å²) in [4.78, 5) is 19.0. The topological polar surface area (TPSA) is 85.3 Å². The van der Waals surface area contributed by atoms with E-state index in [-0.39, 0.29) is 35.1 Å². The Labute approximate surface area is 180 Å². The van der Waals surface area contributed by atoms with Gasteiger partial charge in [0.15, 0.2) is 15.0 Å². The molecule has 0 radical (unpaired) electrons. The van der Waals surface area contributed by atoms with Crippen molar-refractivity contribution in [2.24, 2.45) is 4.99 Å². The Kier molecular flexibility index (Phi) is 5.75. The fourth-order valence-electron chi connectivity index (χ4n) is 3.77. The quantitative estimate of drug-likeness (QED) is 0.698. The second-order valence-electron chi connectivity index (χ2n) is 7.15. The van der Waals surface area contributed by atoms with Gasteiger partial charge in [0.1, 0.15) is 11.5 Å². The van der Waals surface area contributed by atoms with Gasteiger partial charge in [-0.15, -0.1) is 0 Å². The summed E-state index contributed by atoms with van der Waals surface area (Å²) in [6.45, 7) is 0. The summed E-state index contributed by atoms with van der Waals surface area (Å²) in [6.07, 6.45) is 0.109. The Hall–Kier alpha value is -2.52. The monoisotopic (exact) mass is 446 g/mol. The lowest BCUT2D eigenvalue weighted by Crippen LogP contribution is -2.37. The SMILES string of the molecule is COc1ccc(N2C(=NC(=O)Cc3ccccc3OC)S[C@H]3CS(=O)(=O)C[C@@H]32)cc1. The standard InChI is InChI=1S/C21H22N2O5S2/c1-27-16-9-7-15(8-10-16)23-17-12-30(25,26)13-19(17)29-21(23)22-20(24)11-14-5-3-4-6-18(14)28-2/h3-10,17,19H,11-13H2,1-2H3/t17-,19-/m0/s1. The number of fused-ring (bicyclic) bond motifs is 1. The molecule has 7 nitrogen and oxygen atoms in total. The first-order valence-electron chi connectivity index (χ1n) is 9.44. The van der Waals surface area contributed by atoms with Crippen molar-refractivity contribution in [1.29, 1.82) is 0 Å². The highest BCUT2D eigenvalue weighted by Crippen LogP contribution is 2.41. The van der Waals surface area contributed by atoms with Crippen LogP contribution in [0.4, 0.5) is 5.69 Å². The van der Waals surface area contributed by atoms with Crippen LogP contribution in [0.15, 0.2) is 53.5 Å². The highest BCUT2D eigenvalue weighted by molar-refractivity contribution is 8.16. The molecule has 0 bridgehead atoms. The number of methoxy groups -OCH3 is 2. The van der Waals surface area contributed by atoms with Crippen molar-refractivity contribution in [1.82, 2.24) is 0 Å². The fraction of sp³-hybridized carbons (Fsp3) is 0.333. The van der Waals surface area contributed by atoms with E-state index in [0.29, 0.717) is 16.7 Å². The highest BCUT2D eigenvalue weighted by Gasteiger charge is 2.49. The number of anilines is 1. The summed E-state index contributed by atoms with van der Waals surface area (Å²) in [6, 6.07) is 14.4. The second-order valence-corrected chi connectivity index (χ2v) is 10.5. The molecule has 2 fully saturated rings. The van der Waals surface area contributed by atoms with E-state index >= 15 is 0 Å². The van der Waals surface area contributed by atoms with E-state index in [0.717, 1.165) is 11.3 Å². The molecule has 4 rings (SSSR count). The molecule has 0 aliphatic carbocycles. The molecule has 2 aliphatic heterocycles. The van der Waals surface area contributed by atoms with Gasteiger partial charge >= 0.3 is 0 Å². The number of rotatable bonds is 5. The van der Waals surface area contributed by atoms with Crippen LogP contribution in [0, 0.1) is 0 Å². The Morgan fingerprint density at radius 3 is 2.53 bits per heavy atom. The van der Waals surface area contributed by atoms with Crippen molar-refractivity contribution in [2.45, 2.75) is 17.7 Å². The van der Waals surface area contributed by atoms with E-state index in [9.17, 15) is 13.2 Å². The molecule has 9 heteroatoms. The molecule has 2 saturated heterocycles. The maximum Gasteiger partial charge on any atom is 0.252 e. The van der Waals surface area contributed by atoms with Crippen molar-refractivity contribution in [3.8, 4) is 11.5 Å². The number of amidine groups is 1. The van der Waals surface area contributed by atoms with Gasteiger partial charge in [0.25, 0.3) is 5.91 Å². The molecule has 0 N–H and O–H groups in total. The van der Waals surface area contributed by atoms with Gasteiger partial charge in [-0.2, -0.15) is 4.99 Å². The first kappa shape index (κ1) is 20.7. The Morgan fingerprint density at radius 2 is 1.83 bits per heavy atom. The zero-order valence-electron chi connectivity index (χ0n) is 16.6. The van der Waals surface area contributed by atoms with Gasteiger partial charge in [-0.1, -0.05) is 30.0 Å². The smallest absolute Gasteiger partial charge is 0.252 e. The summed E-state index contributed by atoms with van der Waals surface area (Å²) >= 11 is 1.36. The lowest BCUT2D eigenvalue weighted by molar-refractivity contribution is -0.117. The minimum Gasteiger partial charge on any atom is -0.497 e. The Balaban J connectivity index is 1.64. The third-order valence-corrected chi connectivity index (χ3v) is 8.38. The third kappa shape index (κ3) is 4.17. The predicted molar refractivity (Wildman–Crippen MR) is 118 cm³/mol. The second kappa shape index (κ2) is 8.31. The van der Waals surface area contributed by atoms with E-state index in [1.165, 1.54) is 11.8 Å². The van der Waals surface area contributed by atoms with Crippen molar-refractivity contribution >= 4 is 38.4 Å². The summed E-state index contributed by atoms with van der Waals surface area (Å²) < 4.78 is 34.9. The number of hydrogen-bond donors (Lipinski definition) is 0. The molecule has 2 aromatic carbocycles. The average molecular weight is 447 g/mol. The number of hydrogen-bond acceptors (Lipinski definition) is 6. The van der Waals surface area contributed by atoms with E-state index in [4.69, 9.17) is 9.47 Å². The summed E-state index contributed by atoms with van der Waals surface area (Å²) in [5.41, 5.74) is 1.55. The van der Waals surface area contributed by atoms with Crippen molar-refractivity contribution in [3.63, 3.8) is 0 Å². The van der Waals surface area contributed by atoms with E-state index in [1.54, 1.807) is 20.3 Å². The van der Waals surface area contributed by atoms with Gasteiger partial charge in [-0.05, 0) is 30.3 Å². The van der Waals surface area contributed by atoms with Gasteiger partial charge in [0.05, 0.1) is 38.2 Å². The minimum absolute atomic E-state index is 0.0520. The van der Waals surface area contributed by atoms with Crippen LogP contribution in [0.25, 0.3) is 0 Å². The van der Waals surface area contributed by atoms with Crippen LogP contribution in [-0.2, 0) is 21.1 Å². The van der Waals surface area contributed by atoms with Crippen LogP contribution in [0.5, 0.6) is 11.5 Å². The number of benzene rings is 2. The van der Waals surface area contributed by atoms with Crippen molar-refractivity contribution in [3.05, 3.63) is 54.1 Å². The zero-order chi connectivity index (χ0) is 21.3. The predicted octanol–water partition coefficient (Wildman–Crippen LogP) is 2.55. The lowest BCUT2D eigenvalue weighted by atomic mass is 10.1. The molecule has 2 aliphatic rings. The maximum atomic E-state index is 12.7. The van der Waals surface area contributed by atoms with Crippen LogP contribution < -0.4 is 14.4 Å². The highest BCUT2D eigenvalue weighted by atomic mass is 32.2. The van der Waals surface area contributed by atoms with Crippen LogP contribution in [-0.4, -0.2) is 56.5 Å². The number of aliphatic imine (C=N–C) groups is 1. The molecule has 158 valence electrons. The van der Waals surface area contributed by atoms with Gasteiger partial charge in [0.2, 0.25) is 0 Å². The first-order chi connectivity index (χ1) is 14.4. The normalized spacial score (nSPS) is 23.4. The largest absolute Gasteiger partial charge is 0.497 e. The molecule has 0 aromatic heterocycles. The van der Waals surface area contributed by atoms with E-state index < -0.39 is 9.84 Å². The molecule has 2 atom stereocenters. The summed E-state index contributed by atoms with van der Waals surface area (Å²) in [7, 11) is 0.0392. The fourth-order valence-corrected chi connectivity index (χ4v) is 7.70. The molecule has 0 spiro atoms. The number of para-hydroxylation sites is 1. The number of sulfone groups is 1. The Morgan fingerprint density at radius 1 is 1.10 bits per heavy atom. The van der Waals surface area contributed by atoms with Crippen molar-refractivity contribution in [2.75, 3.05) is 30.6 Å². The number of amides is 1. The molecule has 0 unspecified atom stereocenters. The molecule has 2 aromatic rings.